The fourth-order valence-corrected chi connectivity index (χ4v) is 3.02. The number of hydrogen-bond acceptors (Lipinski definition) is 3. The van der Waals surface area contributed by atoms with Gasteiger partial charge in [-0.25, -0.2) is 4.98 Å². The molecule has 0 atom stereocenters. The first kappa shape index (κ1) is 11.5. The molecule has 4 heteroatoms. The highest BCUT2D eigenvalue weighted by atomic mass is 16.3. The average Bonchev–Trinajstić information content (AvgIpc) is 2.68. The standard InChI is InChI=1S/C14H19N3O/c1-9-3-2-4-12-13(9)17(14(15)16-12)10-5-7-11(18)8-6-10/h2-4,10-11,18H,5-8H2,1H3,(H2,15,16). The quantitative estimate of drug-likeness (QED) is 0.811. The van der Waals surface area contributed by atoms with E-state index in [9.17, 15) is 5.11 Å². The third kappa shape index (κ3) is 1.77. The number of anilines is 1. The van der Waals surface area contributed by atoms with Gasteiger partial charge in [0.15, 0.2) is 0 Å². The Bertz CT molecular complexity index is 568. The molecule has 3 rings (SSSR count). The smallest absolute Gasteiger partial charge is 0.201 e. The number of rotatable bonds is 1. The lowest BCUT2D eigenvalue weighted by atomic mass is 9.92. The average molecular weight is 245 g/mol. The van der Waals surface area contributed by atoms with E-state index in [0.29, 0.717) is 12.0 Å². The predicted molar refractivity (Wildman–Crippen MR) is 72.4 cm³/mol. The van der Waals surface area contributed by atoms with Crippen LogP contribution in [0.2, 0.25) is 0 Å². The van der Waals surface area contributed by atoms with Crippen LogP contribution in [0.15, 0.2) is 18.2 Å². The fraction of sp³-hybridized carbons (Fsp3) is 0.500. The minimum Gasteiger partial charge on any atom is -0.393 e. The minimum atomic E-state index is -0.140. The monoisotopic (exact) mass is 245 g/mol. The van der Waals surface area contributed by atoms with Gasteiger partial charge in [0.2, 0.25) is 5.95 Å². The van der Waals surface area contributed by atoms with Crippen LogP contribution in [0.1, 0.15) is 37.3 Å². The Morgan fingerprint density at radius 2 is 2.00 bits per heavy atom. The third-order valence-corrected chi connectivity index (χ3v) is 3.97. The maximum atomic E-state index is 9.61. The molecule has 1 saturated carbocycles. The van der Waals surface area contributed by atoms with Crippen molar-refractivity contribution in [3.8, 4) is 0 Å². The van der Waals surface area contributed by atoms with Crippen LogP contribution in [0.4, 0.5) is 5.95 Å². The van der Waals surface area contributed by atoms with Crippen LogP contribution >= 0.6 is 0 Å². The van der Waals surface area contributed by atoms with Gasteiger partial charge in [-0.05, 0) is 44.2 Å². The zero-order chi connectivity index (χ0) is 12.7. The first-order valence-electron chi connectivity index (χ1n) is 6.58. The van der Waals surface area contributed by atoms with Crippen molar-refractivity contribution in [2.24, 2.45) is 0 Å². The Hall–Kier alpha value is -1.55. The lowest BCUT2D eigenvalue weighted by molar-refractivity contribution is 0.112. The van der Waals surface area contributed by atoms with Gasteiger partial charge in [-0.2, -0.15) is 0 Å². The lowest BCUT2D eigenvalue weighted by Gasteiger charge is -2.27. The highest BCUT2D eigenvalue weighted by molar-refractivity contribution is 5.81. The van der Waals surface area contributed by atoms with E-state index >= 15 is 0 Å². The van der Waals surface area contributed by atoms with Crippen LogP contribution in [0.25, 0.3) is 11.0 Å². The number of hydrogen-bond donors (Lipinski definition) is 2. The predicted octanol–water partition coefficient (Wildman–Crippen LogP) is 2.40. The van der Waals surface area contributed by atoms with Crippen molar-refractivity contribution in [1.82, 2.24) is 9.55 Å². The van der Waals surface area contributed by atoms with Crippen LogP contribution in [-0.4, -0.2) is 20.8 Å². The number of para-hydroxylation sites is 1. The first-order valence-corrected chi connectivity index (χ1v) is 6.58. The molecule has 1 aromatic heterocycles. The Labute approximate surface area is 106 Å². The number of aromatic nitrogens is 2. The second-order valence-corrected chi connectivity index (χ2v) is 5.24. The van der Waals surface area contributed by atoms with Gasteiger partial charge >= 0.3 is 0 Å². The molecule has 96 valence electrons. The highest BCUT2D eigenvalue weighted by Crippen LogP contribution is 2.34. The number of imidazole rings is 1. The van der Waals surface area contributed by atoms with Gasteiger partial charge in [-0.1, -0.05) is 12.1 Å². The molecule has 1 aliphatic rings. The van der Waals surface area contributed by atoms with E-state index < -0.39 is 0 Å². The number of nitrogens with two attached hydrogens (primary N) is 1. The topological polar surface area (TPSA) is 64.1 Å². The Morgan fingerprint density at radius 3 is 2.72 bits per heavy atom. The molecule has 0 bridgehead atoms. The normalized spacial score (nSPS) is 24.6. The minimum absolute atomic E-state index is 0.140. The van der Waals surface area contributed by atoms with Crippen LogP contribution in [0.5, 0.6) is 0 Å². The van der Waals surface area contributed by atoms with Crippen molar-refractivity contribution in [2.45, 2.75) is 44.8 Å². The van der Waals surface area contributed by atoms with E-state index in [1.165, 1.54) is 5.56 Å². The van der Waals surface area contributed by atoms with E-state index in [1.54, 1.807) is 0 Å². The van der Waals surface area contributed by atoms with Crippen molar-refractivity contribution in [3.63, 3.8) is 0 Å². The highest BCUT2D eigenvalue weighted by Gasteiger charge is 2.24. The van der Waals surface area contributed by atoms with E-state index in [2.05, 4.69) is 22.5 Å². The maximum absolute atomic E-state index is 9.61. The number of aliphatic hydroxyl groups is 1. The summed E-state index contributed by atoms with van der Waals surface area (Å²) in [6.45, 7) is 2.09. The fourth-order valence-electron chi connectivity index (χ4n) is 3.02. The van der Waals surface area contributed by atoms with E-state index in [-0.39, 0.29) is 6.10 Å². The van der Waals surface area contributed by atoms with E-state index in [0.717, 1.165) is 36.7 Å². The van der Waals surface area contributed by atoms with Crippen molar-refractivity contribution in [1.29, 1.82) is 0 Å². The molecule has 0 radical (unpaired) electrons. The largest absolute Gasteiger partial charge is 0.393 e. The van der Waals surface area contributed by atoms with Gasteiger partial charge < -0.3 is 15.4 Å². The number of aryl methyl sites for hydroxylation is 1. The van der Waals surface area contributed by atoms with Gasteiger partial charge in [-0.15, -0.1) is 0 Å². The summed E-state index contributed by atoms with van der Waals surface area (Å²) in [5.74, 6) is 0.598. The van der Waals surface area contributed by atoms with Crippen molar-refractivity contribution >= 4 is 17.0 Å². The summed E-state index contributed by atoms with van der Waals surface area (Å²) in [6, 6.07) is 6.49. The van der Waals surface area contributed by atoms with Gasteiger partial charge in [0.25, 0.3) is 0 Å². The summed E-state index contributed by atoms with van der Waals surface area (Å²) < 4.78 is 2.16. The molecule has 3 N–H and O–H groups in total. The summed E-state index contributed by atoms with van der Waals surface area (Å²) in [6.07, 6.45) is 3.53. The maximum Gasteiger partial charge on any atom is 0.201 e. The molecule has 2 aromatic rings. The lowest BCUT2D eigenvalue weighted by Crippen LogP contribution is -2.22. The summed E-state index contributed by atoms with van der Waals surface area (Å²) in [7, 11) is 0. The van der Waals surface area contributed by atoms with E-state index in [1.807, 2.05) is 12.1 Å². The molecular formula is C14H19N3O. The molecule has 1 fully saturated rings. The Balaban J connectivity index is 2.08. The number of nitrogens with zero attached hydrogens (tertiary/aromatic N) is 2. The van der Waals surface area contributed by atoms with Gasteiger partial charge in [0.1, 0.15) is 0 Å². The summed E-state index contributed by atoms with van der Waals surface area (Å²) in [5, 5.41) is 9.61. The molecule has 4 nitrogen and oxygen atoms in total. The molecule has 1 aliphatic carbocycles. The van der Waals surface area contributed by atoms with Gasteiger partial charge in [0.05, 0.1) is 17.1 Å². The Morgan fingerprint density at radius 1 is 1.28 bits per heavy atom. The summed E-state index contributed by atoms with van der Waals surface area (Å²) in [5.41, 5.74) is 9.41. The second kappa shape index (κ2) is 4.28. The zero-order valence-electron chi connectivity index (χ0n) is 10.6. The third-order valence-electron chi connectivity index (χ3n) is 3.97. The van der Waals surface area contributed by atoms with Crippen molar-refractivity contribution in [3.05, 3.63) is 23.8 Å². The summed E-state index contributed by atoms with van der Waals surface area (Å²) in [4.78, 5) is 4.45. The molecule has 0 unspecified atom stereocenters. The molecule has 0 aliphatic heterocycles. The van der Waals surface area contributed by atoms with Gasteiger partial charge in [-0.3, -0.25) is 0 Å². The second-order valence-electron chi connectivity index (χ2n) is 5.24. The molecular weight excluding hydrogens is 226 g/mol. The first-order chi connectivity index (χ1) is 8.66. The van der Waals surface area contributed by atoms with Gasteiger partial charge in [0, 0.05) is 6.04 Å². The molecule has 0 amide bonds. The van der Waals surface area contributed by atoms with Crippen molar-refractivity contribution < 1.29 is 5.11 Å². The van der Waals surface area contributed by atoms with Crippen LogP contribution < -0.4 is 5.73 Å². The molecule has 18 heavy (non-hydrogen) atoms. The number of benzene rings is 1. The Kier molecular flexibility index (Phi) is 2.74. The van der Waals surface area contributed by atoms with Crippen molar-refractivity contribution in [2.75, 3.05) is 5.73 Å². The SMILES string of the molecule is Cc1cccc2nc(N)n(C3CCC(O)CC3)c12. The van der Waals surface area contributed by atoms with E-state index in [4.69, 9.17) is 5.73 Å². The van der Waals surface area contributed by atoms with Crippen LogP contribution in [0, 0.1) is 6.92 Å². The van der Waals surface area contributed by atoms with Crippen LogP contribution in [-0.2, 0) is 0 Å². The molecule has 1 heterocycles. The molecule has 0 saturated heterocycles. The molecule has 0 spiro atoms. The summed E-state index contributed by atoms with van der Waals surface area (Å²) >= 11 is 0. The number of aliphatic hydroxyl groups excluding tert-OH is 1. The molecule has 1 aromatic carbocycles. The number of fused-ring (bicyclic) bond motifs is 1. The van der Waals surface area contributed by atoms with Crippen LogP contribution in [0.3, 0.4) is 0 Å². The number of nitrogen functional groups attached to an aromatic ring is 1. The zero-order valence-corrected chi connectivity index (χ0v) is 10.6.